The van der Waals surface area contributed by atoms with E-state index in [1.165, 1.54) is 0 Å². The predicted octanol–water partition coefficient (Wildman–Crippen LogP) is 3.16. The Balaban J connectivity index is 2.06. The van der Waals surface area contributed by atoms with Gasteiger partial charge in [0.25, 0.3) is 0 Å². The molecule has 1 heterocycles. The molecule has 2 aromatic rings. The van der Waals surface area contributed by atoms with Crippen LogP contribution in [0.2, 0.25) is 0 Å². The van der Waals surface area contributed by atoms with E-state index in [1.807, 2.05) is 29.1 Å². The Morgan fingerprint density at radius 2 is 2.15 bits per heavy atom. The summed E-state index contributed by atoms with van der Waals surface area (Å²) in [4.78, 5) is 11.1. The SMILES string of the molecule is CC[C@H](C)n1ccc(NCc2ccccc2C(=O)O)n1. The average molecular weight is 273 g/mol. The molecule has 0 bridgehead atoms. The molecule has 0 saturated heterocycles. The number of benzene rings is 1. The molecule has 5 nitrogen and oxygen atoms in total. The number of carboxylic acids is 1. The van der Waals surface area contributed by atoms with Gasteiger partial charge in [-0.3, -0.25) is 4.68 Å². The lowest BCUT2D eigenvalue weighted by molar-refractivity contribution is 0.0696. The van der Waals surface area contributed by atoms with Gasteiger partial charge in [-0.15, -0.1) is 0 Å². The third kappa shape index (κ3) is 3.17. The zero-order valence-corrected chi connectivity index (χ0v) is 11.7. The molecular weight excluding hydrogens is 254 g/mol. The zero-order valence-electron chi connectivity index (χ0n) is 11.7. The van der Waals surface area contributed by atoms with Gasteiger partial charge in [-0.2, -0.15) is 5.10 Å². The molecule has 0 aliphatic heterocycles. The van der Waals surface area contributed by atoms with E-state index in [4.69, 9.17) is 5.11 Å². The maximum atomic E-state index is 11.1. The Bertz CT molecular complexity index is 592. The van der Waals surface area contributed by atoms with Gasteiger partial charge in [-0.05, 0) is 25.0 Å². The highest BCUT2D eigenvalue weighted by Crippen LogP contribution is 2.14. The molecule has 5 heteroatoms. The van der Waals surface area contributed by atoms with E-state index in [0.717, 1.165) is 17.8 Å². The molecule has 1 aromatic heterocycles. The van der Waals surface area contributed by atoms with Gasteiger partial charge in [0.05, 0.1) is 5.56 Å². The van der Waals surface area contributed by atoms with Crippen molar-refractivity contribution in [2.75, 3.05) is 5.32 Å². The van der Waals surface area contributed by atoms with E-state index in [0.29, 0.717) is 18.2 Å². The molecule has 0 saturated carbocycles. The second-order valence-corrected chi connectivity index (χ2v) is 4.75. The highest BCUT2D eigenvalue weighted by Gasteiger charge is 2.09. The minimum absolute atomic E-state index is 0.321. The molecule has 0 amide bonds. The number of hydrogen-bond donors (Lipinski definition) is 2. The Morgan fingerprint density at radius 1 is 1.40 bits per heavy atom. The second kappa shape index (κ2) is 6.23. The zero-order chi connectivity index (χ0) is 14.5. The van der Waals surface area contributed by atoms with Gasteiger partial charge in [-0.1, -0.05) is 25.1 Å². The molecule has 0 aliphatic rings. The fraction of sp³-hybridized carbons (Fsp3) is 0.333. The van der Waals surface area contributed by atoms with Crippen molar-refractivity contribution >= 4 is 11.8 Å². The van der Waals surface area contributed by atoms with Crippen LogP contribution in [0, 0.1) is 0 Å². The number of nitrogens with zero attached hydrogens (tertiary/aromatic N) is 2. The Hall–Kier alpha value is -2.30. The molecule has 1 atom stereocenters. The maximum Gasteiger partial charge on any atom is 0.336 e. The first-order chi connectivity index (χ1) is 9.61. The van der Waals surface area contributed by atoms with Gasteiger partial charge >= 0.3 is 5.97 Å². The third-order valence-electron chi connectivity index (χ3n) is 3.36. The Kier molecular flexibility index (Phi) is 4.40. The van der Waals surface area contributed by atoms with Gasteiger partial charge in [-0.25, -0.2) is 4.79 Å². The molecule has 0 aliphatic carbocycles. The number of carboxylic acid groups (broad SMARTS) is 1. The summed E-state index contributed by atoms with van der Waals surface area (Å²) in [6, 6.07) is 9.23. The first kappa shape index (κ1) is 14.1. The van der Waals surface area contributed by atoms with E-state index in [-0.39, 0.29) is 0 Å². The van der Waals surface area contributed by atoms with Gasteiger partial charge < -0.3 is 10.4 Å². The highest BCUT2D eigenvalue weighted by atomic mass is 16.4. The normalized spacial score (nSPS) is 12.1. The van der Waals surface area contributed by atoms with Crippen molar-refractivity contribution in [3.05, 3.63) is 47.7 Å². The van der Waals surface area contributed by atoms with Crippen molar-refractivity contribution in [1.82, 2.24) is 9.78 Å². The molecule has 2 rings (SSSR count). The van der Waals surface area contributed by atoms with Gasteiger partial charge in [0, 0.05) is 24.8 Å². The first-order valence-electron chi connectivity index (χ1n) is 6.72. The van der Waals surface area contributed by atoms with Crippen molar-refractivity contribution in [2.45, 2.75) is 32.9 Å². The van der Waals surface area contributed by atoms with Gasteiger partial charge in [0.15, 0.2) is 0 Å². The van der Waals surface area contributed by atoms with E-state index in [9.17, 15) is 4.79 Å². The van der Waals surface area contributed by atoms with E-state index in [2.05, 4.69) is 24.3 Å². The van der Waals surface area contributed by atoms with Crippen molar-refractivity contribution in [2.24, 2.45) is 0 Å². The fourth-order valence-electron chi connectivity index (χ4n) is 1.93. The summed E-state index contributed by atoms with van der Waals surface area (Å²) in [5.74, 6) is -0.155. The van der Waals surface area contributed by atoms with Crippen LogP contribution in [0.5, 0.6) is 0 Å². The number of carbonyl (C=O) groups is 1. The molecule has 1 aromatic carbocycles. The van der Waals surface area contributed by atoms with Crippen LogP contribution in [0.4, 0.5) is 5.82 Å². The smallest absolute Gasteiger partial charge is 0.336 e. The maximum absolute atomic E-state index is 11.1. The van der Waals surface area contributed by atoms with E-state index < -0.39 is 5.97 Å². The first-order valence-corrected chi connectivity index (χ1v) is 6.72. The van der Waals surface area contributed by atoms with Crippen LogP contribution in [-0.4, -0.2) is 20.9 Å². The second-order valence-electron chi connectivity index (χ2n) is 4.75. The lowest BCUT2D eigenvalue weighted by Gasteiger charge is -2.09. The summed E-state index contributed by atoms with van der Waals surface area (Å²) < 4.78 is 1.91. The van der Waals surface area contributed by atoms with Crippen LogP contribution in [0.25, 0.3) is 0 Å². The summed E-state index contributed by atoms with van der Waals surface area (Å²) in [6.45, 7) is 4.67. The highest BCUT2D eigenvalue weighted by molar-refractivity contribution is 5.89. The number of anilines is 1. The molecule has 0 unspecified atom stereocenters. The van der Waals surface area contributed by atoms with Crippen LogP contribution in [-0.2, 0) is 6.54 Å². The molecule has 0 fully saturated rings. The number of nitrogens with one attached hydrogen (secondary N) is 1. The Labute approximate surface area is 118 Å². The average Bonchev–Trinajstić information content (AvgIpc) is 2.93. The van der Waals surface area contributed by atoms with Gasteiger partial charge in [0.2, 0.25) is 0 Å². The van der Waals surface area contributed by atoms with Crippen LogP contribution in [0.15, 0.2) is 36.5 Å². The van der Waals surface area contributed by atoms with Crippen molar-refractivity contribution in [1.29, 1.82) is 0 Å². The van der Waals surface area contributed by atoms with E-state index >= 15 is 0 Å². The Morgan fingerprint density at radius 3 is 2.85 bits per heavy atom. The van der Waals surface area contributed by atoms with Crippen molar-refractivity contribution in [3.63, 3.8) is 0 Å². The van der Waals surface area contributed by atoms with E-state index in [1.54, 1.807) is 12.1 Å². The van der Waals surface area contributed by atoms with Crippen LogP contribution in [0.1, 0.15) is 42.2 Å². The molecule has 0 radical (unpaired) electrons. The number of rotatable bonds is 6. The van der Waals surface area contributed by atoms with Crippen LogP contribution >= 0.6 is 0 Å². The monoisotopic (exact) mass is 273 g/mol. The van der Waals surface area contributed by atoms with Crippen molar-refractivity contribution < 1.29 is 9.90 Å². The van der Waals surface area contributed by atoms with Crippen molar-refractivity contribution in [3.8, 4) is 0 Å². The summed E-state index contributed by atoms with van der Waals surface area (Å²) in [6.07, 6.45) is 2.95. The quantitative estimate of drug-likeness (QED) is 0.848. The molecule has 2 N–H and O–H groups in total. The number of aromatic nitrogens is 2. The predicted molar refractivity (Wildman–Crippen MR) is 78.0 cm³/mol. The largest absolute Gasteiger partial charge is 0.478 e. The minimum atomic E-state index is -0.910. The lowest BCUT2D eigenvalue weighted by atomic mass is 10.1. The van der Waals surface area contributed by atoms with Crippen LogP contribution in [0.3, 0.4) is 0 Å². The number of hydrogen-bond acceptors (Lipinski definition) is 3. The van der Waals surface area contributed by atoms with Gasteiger partial charge in [0.1, 0.15) is 5.82 Å². The number of aromatic carboxylic acids is 1. The molecule has 20 heavy (non-hydrogen) atoms. The topological polar surface area (TPSA) is 67.2 Å². The molecule has 0 spiro atoms. The summed E-state index contributed by atoms with van der Waals surface area (Å²) in [7, 11) is 0. The summed E-state index contributed by atoms with van der Waals surface area (Å²) in [5, 5.41) is 16.7. The standard InChI is InChI=1S/C15H19N3O2/c1-3-11(2)18-9-8-14(17-18)16-10-12-6-4-5-7-13(12)15(19)20/h4-9,11H,3,10H2,1-2H3,(H,16,17)(H,19,20)/t11-/m0/s1. The summed E-state index contributed by atoms with van der Waals surface area (Å²) >= 11 is 0. The minimum Gasteiger partial charge on any atom is -0.478 e. The van der Waals surface area contributed by atoms with Crippen LogP contribution < -0.4 is 5.32 Å². The summed E-state index contributed by atoms with van der Waals surface area (Å²) in [5.41, 5.74) is 1.07. The molecule has 106 valence electrons. The third-order valence-corrected chi connectivity index (χ3v) is 3.36. The lowest BCUT2D eigenvalue weighted by Crippen LogP contribution is -2.08. The molecular formula is C15H19N3O2. The fourth-order valence-corrected chi connectivity index (χ4v) is 1.93.